The molecule has 32 heavy (non-hydrogen) atoms. The number of rotatable bonds is 4. The van der Waals surface area contributed by atoms with Crippen molar-refractivity contribution in [3.05, 3.63) is 65.2 Å². The van der Waals surface area contributed by atoms with E-state index < -0.39 is 27.3 Å². The number of nitrogens with zero attached hydrogens (tertiary/aromatic N) is 2. The third kappa shape index (κ3) is 4.99. The Morgan fingerprint density at radius 1 is 1.00 bits per heavy atom. The van der Waals surface area contributed by atoms with Gasteiger partial charge in [-0.15, -0.1) is 0 Å². The highest BCUT2D eigenvalue weighted by Gasteiger charge is 2.32. The molecule has 9 heteroatoms. The lowest BCUT2D eigenvalue weighted by molar-refractivity contribution is -0.137. The summed E-state index contributed by atoms with van der Waals surface area (Å²) in [6, 6.07) is 10.3. The van der Waals surface area contributed by atoms with Crippen LogP contribution in [0.5, 0.6) is 0 Å². The molecule has 0 N–H and O–H groups in total. The summed E-state index contributed by atoms with van der Waals surface area (Å²) >= 11 is 0. The fourth-order valence-electron chi connectivity index (χ4n) is 4.44. The van der Waals surface area contributed by atoms with Crippen molar-refractivity contribution in [2.75, 3.05) is 26.2 Å². The van der Waals surface area contributed by atoms with E-state index in [1.54, 1.807) is 11.0 Å². The van der Waals surface area contributed by atoms with E-state index >= 15 is 0 Å². The average Bonchev–Trinajstić information content (AvgIpc) is 2.78. The van der Waals surface area contributed by atoms with Gasteiger partial charge in [0, 0.05) is 31.2 Å². The smallest absolute Gasteiger partial charge is 0.336 e. The van der Waals surface area contributed by atoms with Gasteiger partial charge in [-0.05, 0) is 55.3 Å². The van der Waals surface area contributed by atoms with Crippen LogP contribution in [0.15, 0.2) is 53.4 Å². The first kappa shape index (κ1) is 22.8. The van der Waals surface area contributed by atoms with Gasteiger partial charge >= 0.3 is 6.18 Å². The highest BCUT2D eigenvalue weighted by molar-refractivity contribution is 7.90. The van der Waals surface area contributed by atoms with Crippen molar-refractivity contribution in [3.8, 4) is 0 Å². The van der Waals surface area contributed by atoms with Crippen LogP contribution in [0.2, 0.25) is 0 Å². The first-order valence-corrected chi connectivity index (χ1v) is 12.3. The molecule has 1 amide bonds. The molecule has 0 aromatic heterocycles. The van der Waals surface area contributed by atoms with Crippen molar-refractivity contribution in [1.29, 1.82) is 0 Å². The number of fused-ring (bicyclic) bond motifs is 1. The molecule has 1 atom stereocenters. The van der Waals surface area contributed by atoms with Gasteiger partial charge in [-0.3, -0.25) is 9.69 Å². The third-order valence-corrected chi connectivity index (χ3v) is 7.89. The second-order valence-corrected chi connectivity index (χ2v) is 10.4. The fourth-order valence-corrected chi connectivity index (χ4v) is 5.83. The first-order chi connectivity index (χ1) is 15.1. The molecule has 2 aromatic rings. The van der Waals surface area contributed by atoms with Gasteiger partial charge in [0.25, 0.3) is 5.91 Å². The van der Waals surface area contributed by atoms with Crippen molar-refractivity contribution in [3.63, 3.8) is 0 Å². The zero-order chi connectivity index (χ0) is 22.9. The van der Waals surface area contributed by atoms with Gasteiger partial charge in [0.2, 0.25) is 0 Å². The van der Waals surface area contributed by atoms with Crippen LogP contribution in [-0.4, -0.2) is 56.3 Å². The standard InChI is InChI=1S/C23H25F3N2O3S/c24-23(25,26)19-9-7-17(8-10-19)16-32(30,31)21-6-3-4-18(14-21)22(29)28-13-12-27-11-2-1-5-20(27)15-28/h3-4,6-10,14,20H,1-2,5,11-13,15-16H2. The number of amides is 1. The zero-order valence-electron chi connectivity index (χ0n) is 17.5. The van der Waals surface area contributed by atoms with Crippen LogP contribution in [0.3, 0.4) is 0 Å². The van der Waals surface area contributed by atoms with E-state index in [1.165, 1.54) is 36.8 Å². The van der Waals surface area contributed by atoms with Crippen LogP contribution in [-0.2, 0) is 21.8 Å². The van der Waals surface area contributed by atoms with E-state index in [0.717, 1.165) is 38.1 Å². The minimum atomic E-state index is -4.48. The SMILES string of the molecule is O=C(c1cccc(S(=O)(=O)Cc2ccc(C(F)(F)F)cc2)c1)N1CCN2CCCCC2C1. The predicted molar refractivity (Wildman–Crippen MR) is 114 cm³/mol. The summed E-state index contributed by atoms with van der Waals surface area (Å²) in [6.45, 7) is 3.13. The highest BCUT2D eigenvalue weighted by atomic mass is 32.2. The number of piperidine rings is 1. The lowest BCUT2D eigenvalue weighted by atomic mass is 9.99. The Bertz CT molecular complexity index is 1080. The molecule has 5 nitrogen and oxygen atoms in total. The normalized spacial score (nSPS) is 20.1. The summed E-state index contributed by atoms with van der Waals surface area (Å²) < 4.78 is 63.9. The molecule has 0 aliphatic carbocycles. The largest absolute Gasteiger partial charge is 0.416 e. The molecule has 0 radical (unpaired) electrons. The molecule has 2 fully saturated rings. The van der Waals surface area contributed by atoms with E-state index in [0.29, 0.717) is 24.7 Å². The molecule has 0 saturated carbocycles. The third-order valence-electron chi connectivity index (χ3n) is 6.20. The number of hydrogen-bond acceptors (Lipinski definition) is 4. The van der Waals surface area contributed by atoms with Crippen molar-refractivity contribution in [2.45, 2.75) is 42.1 Å². The Hall–Kier alpha value is -2.39. The summed E-state index contributed by atoms with van der Waals surface area (Å²) in [7, 11) is -3.83. The molecule has 2 aliphatic rings. The molecular formula is C23H25F3N2O3S. The minimum absolute atomic E-state index is 0.0143. The molecule has 0 spiro atoms. The van der Waals surface area contributed by atoms with Crippen LogP contribution < -0.4 is 0 Å². The van der Waals surface area contributed by atoms with Crippen LogP contribution in [0.1, 0.15) is 40.7 Å². The van der Waals surface area contributed by atoms with Gasteiger partial charge in [-0.25, -0.2) is 8.42 Å². The fraction of sp³-hybridized carbons (Fsp3) is 0.435. The zero-order valence-corrected chi connectivity index (χ0v) is 18.3. The van der Waals surface area contributed by atoms with Crippen molar-refractivity contribution in [2.24, 2.45) is 0 Å². The maximum absolute atomic E-state index is 13.0. The summed E-state index contributed by atoms with van der Waals surface area (Å²) in [5.41, 5.74) is -0.268. The number of piperazine rings is 1. The quantitative estimate of drug-likeness (QED) is 0.684. The Morgan fingerprint density at radius 2 is 1.75 bits per heavy atom. The Morgan fingerprint density at radius 3 is 2.47 bits per heavy atom. The number of carbonyl (C=O) groups is 1. The molecule has 172 valence electrons. The van der Waals surface area contributed by atoms with E-state index in [4.69, 9.17) is 0 Å². The van der Waals surface area contributed by atoms with Crippen LogP contribution in [0.25, 0.3) is 0 Å². The predicted octanol–water partition coefficient (Wildman–Crippen LogP) is 3.99. The topological polar surface area (TPSA) is 57.7 Å². The van der Waals surface area contributed by atoms with E-state index in [9.17, 15) is 26.4 Å². The monoisotopic (exact) mass is 466 g/mol. The highest BCUT2D eigenvalue weighted by Crippen LogP contribution is 2.30. The van der Waals surface area contributed by atoms with Crippen molar-refractivity contribution in [1.82, 2.24) is 9.80 Å². The Labute approximate surface area is 185 Å². The second kappa shape index (κ2) is 8.86. The first-order valence-electron chi connectivity index (χ1n) is 10.7. The van der Waals surface area contributed by atoms with Crippen molar-refractivity contribution < 1.29 is 26.4 Å². The average molecular weight is 467 g/mol. The van der Waals surface area contributed by atoms with Crippen LogP contribution in [0.4, 0.5) is 13.2 Å². The molecule has 1 unspecified atom stereocenters. The molecule has 2 aromatic carbocycles. The van der Waals surface area contributed by atoms with E-state index in [-0.39, 0.29) is 16.4 Å². The molecule has 2 saturated heterocycles. The number of hydrogen-bond donors (Lipinski definition) is 0. The summed E-state index contributed by atoms with van der Waals surface area (Å²) in [4.78, 5) is 17.2. The van der Waals surface area contributed by atoms with Crippen LogP contribution >= 0.6 is 0 Å². The molecule has 4 rings (SSSR count). The van der Waals surface area contributed by atoms with Crippen LogP contribution in [0, 0.1) is 0 Å². The van der Waals surface area contributed by atoms with Gasteiger partial charge < -0.3 is 4.90 Å². The maximum atomic E-state index is 13.0. The van der Waals surface area contributed by atoms with Crippen molar-refractivity contribution >= 4 is 15.7 Å². The van der Waals surface area contributed by atoms with Gasteiger partial charge in [-0.1, -0.05) is 24.6 Å². The van der Waals surface area contributed by atoms with E-state index in [2.05, 4.69) is 4.90 Å². The summed E-state index contributed by atoms with van der Waals surface area (Å²) in [5, 5.41) is 0. The van der Waals surface area contributed by atoms with Gasteiger partial charge in [0.1, 0.15) is 0 Å². The number of carbonyl (C=O) groups excluding carboxylic acids is 1. The molecule has 2 aliphatic heterocycles. The molecule has 0 bridgehead atoms. The molecular weight excluding hydrogens is 441 g/mol. The van der Waals surface area contributed by atoms with Gasteiger partial charge in [0.05, 0.1) is 16.2 Å². The lowest BCUT2D eigenvalue weighted by Gasteiger charge is -2.44. The minimum Gasteiger partial charge on any atom is -0.336 e. The van der Waals surface area contributed by atoms with Gasteiger partial charge in [-0.2, -0.15) is 13.2 Å². The van der Waals surface area contributed by atoms with Gasteiger partial charge in [0.15, 0.2) is 9.84 Å². The second-order valence-electron chi connectivity index (χ2n) is 8.42. The number of alkyl halides is 3. The Kier molecular flexibility index (Phi) is 6.31. The number of sulfone groups is 1. The summed E-state index contributed by atoms with van der Waals surface area (Å²) in [6.07, 6.45) is -1.08. The summed E-state index contributed by atoms with van der Waals surface area (Å²) in [5.74, 6) is -0.634. The Balaban J connectivity index is 1.48. The lowest BCUT2D eigenvalue weighted by Crippen LogP contribution is -2.56. The number of halogens is 3. The molecule has 2 heterocycles. The maximum Gasteiger partial charge on any atom is 0.416 e. The number of benzene rings is 2. The van der Waals surface area contributed by atoms with E-state index in [1.807, 2.05) is 0 Å².